The van der Waals surface area contributed by atoms with Crippen molar-refractivity contribution in [2.24, 2.45) is 23.7 Å². The highest BCUT2D eigenvalue weighted by Crippen LogP contribution is 2.57. The van der Waals surface area contributed by atoms with E-state index in [1.807, 2.05) is 0 Å². The molecule has 3 fully saturated rings. The molecule has 3 aliphatic rings. The standard InChI is InChI=1S/C24H18Cl2O7/c25-13-3-6-15(17(26)9-13)22(28)32-14-4-1-11(2-5-14)18(27)10-31-23(29)20-12-7-16-19(8-12)33-24(30)21(16)20/h1-6,9,12,16,19-21H,7-8,10H2/t12-,16+,19-,20-,21+/m1/s1. The van der Waals surface area contributed by atoms with Gasteiger partial charge in [0, 0.05) is 16.5 Å². The summed E-state index contributed by atoms with van der Waals surface area (Å²) in [7, 11) is 0. The normalized spacial score (nSPS) is 26.7. The number of fused-ring (bicyclic) bond motifs is 1. The van der Waals surface area contributed by atoms with E-state index < -0.39 is 36.2 Å². The summed E-state index contributed by atoms with van der Waals surface area (Å²) in [5.74, 6) is -2.52. The third kappa shape index (κ3) is 4.00. The van der Waals surface area contributed by atoms with Gasteiger partial charge in [-0.05, 0) is 61.2 Å². The van der Waals surface area contributed by atoms with Gasteiger partial charge in [0.15, 0.2) is 12.4 Å². The molecule has 0 amide bonds. The van der Waals surface area contributed by atoms with Gasteiger partial charge in [0.25, 0.3) is 0 Å². The van der Waals surface area contributed by atoms with E-state index in [1.165, 1.54) is 42.5 Å². The van der Waals surface area contributed by atoms with Crippen molar-refractivity contribution in [2.45, 2.75) is 18.9 Å². The molecule has 2 bridgehead atoms. The molecule has 170 valence electrons. The van der Waals surface area contributed by atoms with Crippen molar-refractivity contribution in [3.63, 3.8) is 0 Å². The zero-order valence-electron chi connectivity index (χ0n) is 17.2. The van der Waals surface area contributed by atoms with Crippen LogP contribution in [0, 0.1) is 23.7 Å². The molecular weight excluding hydrogens is 471 g/mol. The second-order valence-corrected chi connectivity index (χ2v) is 9.33. The SMILES string of the molecule is O=C(COC(=O)[C@@H]1[C@@H]2C[C@@H]3[C@@H]1C(=O)O[C@@H]3C2)c1ccc(OC(=O)c2ccc(Cl)cc2Cl)cc1. The van der Waals surface area contributed by atoms with Gasteiger partial charge in [-0.15, -0.1) is 0 Å². The summed E-state index contributed by atoms with van der Waals surface area (Å²) in [6.45, 7) is -0.433. The maximum atomic E-state index is 12.6. The highest BCUT2D eigenvalue weighted by molar-refractivity contribution is 6.36. The number of carbonyl (C=O) groups excluding carboxylic acids is 4. The number of Topliss-reactive ketones (excluding diaryl/α,β-unsaturated/α-hetero) is 1. The summed E-state index contributed by atoms with van der Waals surface area (Å²) in [5, 5.41) is 0.561. The van der Waals surface area contributed by atoms with Gasteiger partial charge < -0.3 is 14.2 Å². The molecule has 1 aliphatic heterocycles. The van der Waals surface area contributed by atoms with E-state index in [4.69, 9.17) is 37.4 Å². The van der Waals surface area contributed by atoms with Gasteiger partial charge in [-0.3, -0.25) is 14.4 Å². The molecule has 7 nitrogen and oxygen atoms in total. The van der Waals surface area contributed by atoms with Crippen LogP contribution in [0.15, 0.2) is 42.5 Å². The van der Waals surface area contributed by atoms with Gasteiger partial charge in [-0.25, -0.2) is 4.79 Å². The Bertz CT molecular complexity index is 1160. The molecule has 33 heavy (non-hydrogen) atoms. The number of halogens is 2. The Labute approximate surface area is 198 Å². The van der Waals surface area contributed by atoms with E-state index in [9.17, 15) is 19.2 Å². The summed E-state index contributed by atoms with van der Waals surface area (Å²) >= 11 is 11.8. The first-order valence-corrected chi connectivity index (χ1v) is 11.2. The number of esters is 3. The van der Waals surface area contributed by atoms with Gasteiger partial charge in [0.1, 0.15) is 11.9 Å². The second kappa shape index (κ2) is 8.47. The minimum absolute atomic E-state index is 0.0680. The van der Waals surface area contributed by atoms with Crippen LogP contribution in [0.4, 0.5) is 0 Å². The van der Waals surface area contributed by atoms with Crippen molar-refractivity contribution in [1.82, 2.24) is 0 Å². The van der Waals surface area contributed by atoms with Crippen LogP contribution in [0.1, 0.15) is 33.6 Å². The topological polar surface area (TPSA) is 96.0 Å². The van der Waals surface area contributed by atoms with Crippen molar-refractivity contribution in [3.8, 4) is 5.75 Å². The number of carbonyl (C=O) groups is 4. The third-order valence-corrected chi connectivity index (χ3v) is 7.19. The molecule has 9 heteroatoms. The highest BCUT2D eigenvalue weighted by Gasteiger charge is 2.64. The number of ether oxygens (including phenoxy) is 3. The van der Waals surface area contributed by atoms with E-state index in [1.54, 1.807) is 0 Å². The van der Waals surface area contributed by atoms with E-state index in [-0.39, 0.29) is 40.2 Å². The summed E-state index contributed by atoms with van der Waals surface area (Å²) in [6.07, 6.45) is 1.40. The largest absolute Gasteiger partial charge is 0.462 e. The maximum absolute atomic E-state index is 12.6. The lowest BCUT2D eigenvalue weighted by Gasteiger charge is -2.22. The monoisotopic (exact) mass is 488 g/mol. The molecule has 0 N–H and O–H groups in total. The van der Waals surface area contributed by atoms with Gasteiger partial charge >= 0.3 is 17.9 Å². The molecule has 1 saturated heterocycles. The predicted octanol–water partition coefficient (Wildman–Crippen LogP) is 4.14. The molecule has 2 aliphatic carbocycles. The predicted molar refractivity (Wildman–Crippen MR) is 116 cm³/mol. The smallest absolute Gasteiger partial charge is 0.345 e. The lowest BCUT2D eigenvalue weighted by molar-refractivity contribution is -0.154. The molecule has 5 atom stereocenters. The van der Waals surface area contributed by atoms with Crippen LogP contribution in [0.2, 0.25) is 10.0 Å². The lowest BCUT2D eigenvalue weighted by atomic mass is 9.80. The van der Waals surface area contributed by atoms with Crippen molar-refractivity contribution in [1.29, 1.82) is 0 Å². The molecule has 2 saturated carbocycles. The van der Waals surface area contributed by atoms with Crippen molar-refractivity contribution in [3.05, 3.63) is 63.6 Å². The van der Waals surface area contributed by atoms with E-state index in [0.29, 0.717) is 17.0 Å². The van der Waals surface area contributed by atoms with Crippen LogP contribution < -0.4 is 4.74 Å². The fourth-order valence-corrected chi connectivity index (χ4v) is 5.65. The van der Waals surface area contributed by atoms with Crippen LogP contribution in [0.5, 0.6) is 5.75 Å². The average molecular weight is 489 g/mol. The summed E-state index contributed by atoms with van der Waals surface area (Å²) in [6, 6.07) is 10.3. The average Bonchev–Trinajstić information content (AvgIpc) is 3.40. The Kier molecular flexibility index (Phi) is 5.62. The zero-order chi connectivity index (χ0) is 23.3. The van der Waals surface area contributed by atoms with Crippen molar-refractivity contribution in [2.75, 3.05) is 6.61 Å². The first kappa shape index (κ1) is 21.9. The fraction of sp³-hybridized carbons (Fsp3) is 0.333. The molecule has 0 unspecified atom stereocenters. The first-order chi connectivity index (χ1) is 15.8. The molecule has 1 heterocycles. The molecular formula is C24H18Cl2O7. The minimum Gasteiger partial charge on any atom is -0.462 e. The summed E-state index contributed by atoms with van der Waals surface area (Å²) in [4.78, 5) is 49.4. The molecule has 5 rings (SSSR count). The Balaban J connectivity index is 1.17. The Morgan fingerprint density at radius 1 is 1.03 bits per heavy atom. The molecule has 0 aromatic heterocycles. The molecule has 0 radical (unpaired) electrons. The molecule has 0 spiro atoms. The second-order valence-electron chi connectivity index (χ2n) is 8.49. The van der Waals surface area contributed by atoms with Gasteiger partial charge in [-0.2, -0.15) is 0 Å². The number of benzene rings is 2. The zero-order valence-corrected chi connectivity index (χ0v) is 18.7. The van der Waals surface area contributed by atoms with E-state index >= 15 is 0 Å². The quantitative estimate of drug-likeness (QED) is 0.342. The number of hydrogen-bond donors (Lipinski definition) is 0. The molecule has 2 aromatic rings. The third-order valence-electron chi connectivity index (χ3n) is 6.64. The first-order valence-electron chi connectivity index (χ1n) is 10.5. The van der Waals surface area contributed by atoms with E-state index in [0.717, 1.165) is 6.42 Å². The lowest BCUT2D eigenvalue weighted by Crippen LogP contribution is -2.34. The Morgan fingerprint density at radius 2 is 1.79 bits per heavy atom. The van der Waals surface area contributed by atoms with Crippen LogP contribution in [0.25, 0.3) is 0 Å². The maximum Gasteiger partial charge on any atom is 0.345 e. The molecule has 2 aromatic carbocycles. The summed E-state index contributed by atoms with van der Waals surface area (Å²) < 4.78 is 15.9. The van der Waals surface area contributed by atoms with Gasteiger partial charge in [-0.1, -0.05) is 23.2 Å². The number of ketones is 1. The highest BCUT2D eigenvalue weighted by atomic mass is 35.5. The van der Waals surface area contributed by atoms with Crippen molar-refractivity contribution >= 4 is 46.9 Å². The van der Waals surface area contributed by atoms with Crippen LogP contribution in [-0.4, -0.2) is 36.4 Å². The Morgan fingerprint density at radius 3 is 2.52 bits per heavy atom. The summed E-state index contributed by atoms with van der Waals surface area (Å²) in [5.41, 5.74) is 0.451. The number of rotatable bonds is 6. The van der Waals surface area contributed by atoms with Gasteiger partial charge in [0.2, 0.25) is 0 Å². The Hall–Kier alpha value is -2.90. The van der Waals surface area contributed by atoms with Crippen LogP contribution in [-0.2, 0) is 19.1 Å². The van der Waals surface area contributed by atoms with Crippen LogP contribution >= 0.6 is 23.2 Å². The number of hydrogen-bond acceptors (Lipinski definition) is 7. The fourth-order valence-electron chi connectivity index (χ4n) is 5.17. The van der Waals surface area contributed by atoms with E-state index in [2.05, 4.69) is 0 Å². The van der Waals surface area contributed by atoms with Crippen LogP contribution in [0.3, 0.4) is 0 Å². The minimum atomic E-state index is -0.664. The van der Waals surface area contributed by atoms with Gasteiger partial charge in [0.05, 0.1) is 22.4 Å². The van der Waals surface area contributed by atoms with Crippen molar-refractivity contribution < 1.29 is 33.4 Å².